The lowest BCUT2D eigenvalue weighted by Gasteiger charge is -2.39. The first-order chi connectivity index (χ1) is 30.8. The number of rotatable bonds is 45. The van der Waals surface area contributed by atoms with Crippen LogP contribution < -0.4 is 0 Å². The van der Waals surface area contributed by atoms with E-state index in [1.807, 2.05) is 0 Å². The molecule has 2 unspecified atom stereocenters. The van der Waals surface area contributed by atoms with Crippen LogP contribution in [0.4, 0.5) is 0 Å². The molecule has 1 saturated heterocycles. The van der Waals surface area contributed by atoms with Gasteiger partial charge in [-0.2, -0.15) is 0 Å². The lowest BCUT2D eigenvalue weighted by atomic mass is 9.99. The maximum Gasteiger partial charge on any atom is 0.306 e. The van der Waals surface area contributed by atoms with Gasteiger partial charge in [0, 0.05) is 12.8 Å². The van der Waals surface area contributed by atoms with E-state index in [1.54, 1.807) is 0 Å². The molecule has 0 aromatic rings. The zero-order valence-corrected chi connectivity index (χ0v) is 40.6. The number of unbranched alkanes of at least 4 members (excludes halogenated alkanes) is 30. The molecule has 0 bridgehead atoms. The summed E-state index contributed by atoms with van der Waals surface area (Å²) in [5.41, 5.74) is 0. The van der Waals surface area contributed by atoms with Gasteiger partial charge in [-0.05, 0) is 64.2 Å². The average molecular weight is 895 g/mol. The summed E-state index contributed by atoms with van der Waals surface area (Å²) in [4.78, 5) is 25.5. The number of ether oxygens (including phenoxy) is 4. The number of carbonyl (C=O) groups is 2. The van der Waals surface area contributed by atoms with Crippen molar-refractivity contribution in [2.45, 2.75) is 282 Å². The van der Waals surface area contributed by atoms with E-state index in [-0.39, 0.29) is 32.0 Å². The van der Waals surface area contributed by atoms with Gasteiger partial charge in [0.2, 0.25) is 0 Å². The molecule has 4 N–H and O–H groups in total. The van der Waals surface area contributed by atoms with Crippen LogP contribution in [0.3, 0.4) is 0 Å². The third-order valence-electron chi connectivity index (χ3n) is 12.3. The summed E-state index contributed by atoms with van der Waals surface area (Å²) < 4.78 is 22.3. The van der Waals surface area contributed by atoms with Gasteiger partial charge < -0.3 is 39.4 Å². The Morgan fingerprint density at radius 2 is 0.841 bits per heavy atom. The fourth-order valence-corrected chi connectivity index (χ4v) is 8.12. The zero-order valence-electron chi connectivity index (χ0n) is 40.6. The highest BCUT2D eigenvalue weighted by Crippen LogP contribution is 2.23. The van der Waals surface area contributed by atoms with Crippen LogP contribution in [0.25, 0.3) is 0 Å². The molecule has 1 heterocycles. The number of aliphatic hydroxyl groups is 4. The van der Waals surface area contributed by atoms with E-state index in [9.17, 15) is 30.0 Å². The van der Waals surface area contributed by atoms with Crippen molar-refractivity contribution in [1.29, 1.82) is 0 Å². The third kappa shape index (κ3) is 35.1. The molecule has 1 fully saturated rings. The number of carbonyl (C=O) groups excluding carboxylic acids is 2. The fourth-order valence-electron chi connectivity index (χ4n) is 8.12. The van der Waals surface area contributed by atoms with E-state index < -0.39 is 49.4 Å². The van der Waals surface area contributed by atoms with E-state index in [0.29, 0.717) is 6.42 Å². The Morgan fingerprint density at radius 3 is 1.24 bits per heavy atom. The predicted octanol–water partition coefficient (Wildman–Crippen LogP) is 12.5. The minimum atomic E-state index is -1.59. The lowest BCUT2D eigenvalue weighted by molar-refractivity contribution is -0.305. The van der Waals surface area contributed by atoms with Gasteiger partial charge in [0.25, 0.3) is 0 Å². The molecule has 1 aliphatic heterocycles. The first-order valence-electron chi connectivity index (χ1n) is 26.4. The molecule has 0 aromatic heterocycles. The molecule has 63 heavy (non-hydrogen) atoms. The van der Waals surface area contributed by atoms with Gasteiger partial charge in [-0.1, -0.05) is 192 Å². The maximum absolute atomic E-state index is 12.8. The summed E-state index contributed by atoms with van der Waals surface area (Å²) in [7, 11) is 0. The summed E-state index contributed by atoms with van der Waals surface area (Å²) in [5, 5.41) is 40.2. The van der Waals surface area contributed by atoms with Crippen LogP contribution in [0.1, 0.15) is 245 Å². The van der Waals surface area contributed by atoms with Gasteiger partial charge >= 0.3 is 11.9 Å². The summed E-state index contributed by atoms with van der Waals surface area (Å²) in [6.07, 6.45) is 43.2. The van der Waals surface area contributed by atoms with Crippen molar-refractivity contribution >= 4 is 11.9 Å². The minimum absolute atomic E-state index is 0.217. The minimum Gasteiger partial charge on any atom is -0.462 e. The van der Waals surface area contributed by atoms with E-state index in [1.165, 1.54) is 161 Å². The smallest absolute Gasteiger partial charge is 0.306 e. The Bertz CT molecular complexity index is 1080. The van der Waals surface area contributed by atoms with E-state index in [4.69, 9.17) is 18.9 Å². The molecule has 0 spiro atoms. The SMILES string of the molecule is CCCCCCCC/C=C/CCCCCCCCCCCCCC(=O)O[C@H](COC(=O)CCCCCCCCC/C=C/CCCCCCCC)CO[C@@H]1O[C@H](CO)[C@H](O)C(O)C1O. The Hall–Kier alpha value is -1.82. The number of aliphatic hydroxyl groups excluding tert-OH is 4. The Labute approximate surface area is 385 Å². The Kier molecular flexibility index (Phi) is 41.4. The van der Waals surface area contributed by atoms with Crippen molar-refractivity contribution in [3.05, 3.63) is 24.3 Å². The van der Waals surface area contributed by atoms with Crippen LogP contribution in [-0.2, 0) is 28.5 Å². The third-order valence-corrected chi connectivity index (χ3v) is 12.3. The summed E-state index contributed by atoms with van der Waals surface area (Å²) in [6, 6.07) is 0. The van der Waals surface area contributed by atoms with Crippen LogP contribution >= 0.6 is 0 Å². The predicted molar refractivity (Wildman–Crippen MR) is 256 cm³/mol. The second-order valence-electron chi connectivity index (χ2n) is 18.3. The van der Waals surface area contributed by atoms with Crippen LogP contribution in [0.15, 0.2) is 24.3 Å². The lowest BCUT2D eigenvalue weighted by Crippen LogP contribution is -2.59. The normalized spacial score (nSPS) is 19.6. The van der Waals surface area contributed by atoms with Gasteiger partial charge in [0.05, 0.1) is 13.2 Å². The number of allylic oxidation sites excluding steroid dienone is 4. The highest BCUT2D eigenvalue weighted by Gasteiger charge is 2.44. The molecule has 0 saturated carbocycles. The zero-order chi connectivity index (χ0) is 45.9. The fraction of sp³-hybridized carbons (Fsp3) is 0.887. The highest BCUT2D eigenvalue weighted by molar-refractivity contribution is 5.70. The number of esters is 2. The average Bonchev–Trinajstić information content (AvgIpc) is 3.28. The Morgan fingerprint density at radius 1 is 0.476 bits per heavy atom. The molecule has 10 heteroatoms. The molecule has 0 amide bonds. The van der Waals surface area contributed by atoms with Crippen LogP contribution in [0.5, 0.6) is 0 Å². The van der Waals surface area contributed by atoms with Crippen molar-refractivity contribution in [1.82, 2.24) is 0 Å². The topological polar surface area (TPSA) is 152 Å². The first kappa shape index (κ1) is 59.2. The molecule has 10 nitrogen and oxygen atoms in total. The van der Waals surface area contributed by atoms with Crippen molar-refractivity contribution < 1.29 is 49.0 Å². The van der Waals surface area contributed by atoms with Crippen LogP contribution in [-0.4, -0.2) is 89.0 Å². The van der Waals surface area contributed by atoms with Gasteiger partial charge in [-0.15, -0.1) is 0 Å². The van der Waals surface area contributed by atoms with Crippen molar-refractivity contribution in [3.63, 3.8) is 0 Å². The maximum atomic E-state index is 12.8. The molecule has 0 aromatic carbocycles. The molecule has 370 valence electrons. The molecule has 0 radical (unpaired) electrons. The first-order valence-corrected chi connectivity index (χ1v) is 26.4. The summed E-state index contributed by atoms with van der Waals surface area (Å²) >= 11 is 0. The van der Waals surface area contributed by atoms with Gasteiger partial charge in [-0.3, -0.25) is 9.59 Å². The van der Waals surface area contributed by atoms with Crippen molar-refractivity contribution in [2.24, 2.45) is 0 Å². The largest absolute Gasteiger partial charge is 0.462 e. The van der Waals surface area contributed by atoms with Gasteiger partial charge in [0.15, 0.2) is 12.4 Å². The standard InChI is InChI=1S/C53H98O10/c1-3-5-7-9-11-13-15-17-19-21-22-23-24-26-28-30-32-34-36-38-40-42-49(56)62-46(45-61-53-52(59)51(58)50(57)47(43-54)63-53)44-60-48(55)41-39-37-35-33-31-29-27-25-20-18-16-14-12-10-8-6-4-2/h17-20,46-47,50-54,57-59H,3-16,21-45H2,1-2H3/b19-17+,20-18+/t46-,47-,50+,51?,52?,53-/m1/s1. The summed E-state index contributed by atoms with van der Waals surface area (Å²) in [6.45, 7) is 3.45. The van der Waals surface area contributed by atoms with E-state index in [2.05, 4.69) is 38.2 Å². The van der Waals surface area contributed by atoms with Gasteiger partial charge in [-0.25, -0.2) is 0 Å². The summed E-state index contributed by atoms with van der Waals surface area (Å²) in [5.74, 6) is -0.802. The second-order valence-corrected chi connectivity index (χ2v) is 18.3. The molecule has 0 aliphatic carbocycles. The van der Waals surface area contributed by atoms with E-state index in [0.717, 1.165) is 51.4 Å². The van der Waals surface area contributed by atoms with Gasteiger partial charge in [0.1, 0.15) is 31.0 Å². The van der Waals surface area contributed by atoms with Crippen molar-refractivity contribution in [2.75, 3.05) is 19.8 Å². The number of hydrogen-bond acceptors (Lipinski definition) is 10. The molecule has 1 aliphatic rings. The number of hydrogen-bond donors (Lipinski definition) is 4. The quantitative estimate of drug-likeness (QED) is 0.0264. The highest BCUT2D eigenvalue weighted by atomic mass is 16.7. The van der Waals surface area contributed by atoms with Crippen LogP contribution in [0.2, 0.25) is 0 Å². The Balaban J connectivity index is 2.24. The van der Waals surface area contributed by atoms with Crippen molar-refractivity contribution in [3.8, 4) is 0 Å². The molecule has 6 atom stereocenters. The second kappa shape index (κ2) is 44.0. The molecule has 1 rings (SSSR count). The molecular weight excluding hydrogens is 797 g/mol. The van der Waals surface area contributed by atoms with E-state index >= 15 is 0 Å². The monoisotopic (exact) mass is 895 g/mol. The van der Waals surface area contributed by atoms with Crippen LogP contribution in [0, 0.1) is 0 Å². The molecular formula is C53H98O10.